The Hall–Kier alpha value is -5.09. The Morgan fingerprint density at radius 1 is 0.979 bits per heavy atom. The van der Waals surface area contributed by atoms with Gasteiger partial charge in [0.05, 0.1) is 43.9 Å². The molecule has 0 aliphatic rings. The largest absolute Gasteiger partial charge is 0.453 e. The molecule has 15 heteroatoms. The number of sulfonamides is 1. The van der Waals surface area contributed by atoms with Crippen LogP contribution in [0.5, 0.6) is 0 Å². The van der Waals surface area contributed by atoms with Crippen LogP contribution < -0.4 is 16.4 Å². The van der Waals surface area contributed by atoms with E-state index >= 15 is 0 Å². The van der Waals surface area contributed by atoms with Gasteiger partial charge in [-0.3, -0.25) is 4.79 Å². The zero-order valence-electron chi connectivity index (χ0n) is 25.8. The first-order chi connectivity index (χ1) is 23.2. The number of carbonyl (C=O) groups is 2. The standard InChI is InChI=1S/C33H34N6O7S2/c1-45-33(42)37-31(30(22-8-4-2-5-9-22)23-10-6-3-7-11-23)32(41)35-19-26-14-17-29(47-26)28(21-40)39(20-25-18-36-46-38-25)48(43,44)27-15-12-24(34)13-16-27/h2-18,28,30-31,40H,19-21,34H2,1H3,(H,35,41)(H,37,42)/t28?,31-/m0/s1. The molecule has 3 aromatic carbocycles. The third kappa shape index (κ3) is 8.06. The van der Waals surface area contributed by atoms with Crippen molar-refractivity contribution >= 4 is 39.0 Å². The van der Waals surface area contributed by atoms with Gasteiger partial charge in [0, 0.05) is 21.4 Å². The summed E-state index contributed by atoms with van der Waals surface area (Å²) in [5.74, 6) is -1.000. The summed E-state index contributed by atoms with van der Waals surface area (Å²) in [6, 6.07) is 25.8. The van der Waals surface area contributed by atoms with E-state index in [0.29, 0.717) is 15.4 Å². The number of aromatic nitrogens is 2. The van der Waals surface area contributed by atoms with E-state index in [9.17, 15) is 23.1 Å². The summed E-state index contributed by atoms with van der Waals surface area (Å²) in [7, 11) is -2.94. The van der Waals surface area contributed by atoms with Gasteiger partial charge in [0.25, 0.3) is 0 Å². The summed E-state index contributed by atoms with van der Waals surface area (Å²) in [5.41, 5.74) is 8.04. The fraction of sp³-hybridized carbons (Fsp3) is 0.212. The van der Waals surface area contributed by atoms with Gasteiger partial charge in [-0.15, -0.1) is 11.3 Å². The van der Waals surface area contributed by atoms with Gasteiger partial charge in [-0.05, 0) is 47.5 Å². The number of carbonyl (C=O) groups excluding carboxylic acids is 2. The van der Waals surface area contributed by atoms with E-state index in [2.05, 4.69) is 25.6 Å². The Labute approximate surface area is 281 Å². The van der Waals surface area contributed by atoms with Gasteiger partial charge in [-0.1, -0.05) is 71.0 Å². The molecule has 2 atom stereocenters. The number of ether oxygens (including phenoxy) is 1. The molecule has 0 aliphatic carbocycles. The number of nitrogens with zero attached hydrogens (tertiary/aromatic N) is 3. The predicted molar refractivity (Wildman–Crippen MR) is 178 cm³/mol. The van der Waals surface area contributed by atoms with Crippen molar-refractivity contribution in [3.63, 3.8) is 0 Å². The summed E-state index contributed by atoms with van der Waals surface area (Å²) < 4.78 is 38.4. The number of nitrogens with one attached hydrogen (secondary N) is 2. The number of rotatable bonds is 14. The minimum Gasteiger partial charge on any atom is -0.453 e. The van der Waals surface area contributed by atoms with Crippen LogP contribution in [-0.2, 0) is 32.6 Å². The molecule has 0 aliphatic heterocycles. The smallest absolute Gasteiger partial charge is 0.407 e. The number of nitrogens with two attached hydrogens (primary N) is 1. The lowest BCUT2D eigenvalue weighted by molar-refractivity contribution is -0.123. The first kappa shape index (κ1) is 34.3. The van der Waals surface area contributed by atoms with E-state index in [1.54, 1.807) is 12.1 Å². The Morgan fingerprint density at radius 2 is 1.62 bits per heavy atom. The van der Waals surface area contributed by atoms with Crippen molar-refractivity contribution in [3.05, 3.63) is 130 Å². The Bertz CT molecular complexity index is 1850. The quantitative estimate of drug-likeness (QED) is 0.125. The molecular formula is C33H34N6O7S2. The third-order valence-electron chi connectivity index (χ3n) is 7.57. The molecule has 2 heterocycles. The molecule has 250 valence electrons. The van der Waals surface area contributed by atoms with Gasteiger partial charge >= 0.3 is 6.09 Å². The minimum atomic E-state index is -4.16. The van der Waals surface area contributed by atoms with E-state index in [1.807, 2.05) is 60.7 Å². The summed E-state index contributed by atoms with van der Waals surface area (Å²) in [4.78, 5) is 27.4. The molecule has 5 N–H and O–H groups in total. The van der Waals surface area contributed by atoms with Crippen LogP contribution in [0.15, 0.2) is 113 Å². The van der Waals surface area contributed by atoms with Crippen molar-refractivity contribution in [2.45, 2.75) is 36.0 Å². The highest BCUT2D eigenvalue weighted by Gasteiger charge is 2.35. The predicted octanol–water partition coefficient (Wildman–Crippen LogP) is 3.81. The van der Waals surface area contributed by atoms with Gasteiger partial charge in [-0.2, -0.15) is 4.31 Å². The number of methoxy groups -OCH3 is 1. The third-order valence-corrected chi connectivity index (χ3v) is 10.6. The summed E-state index contributed by atoms with van der Waals surface area (Å²) >= 11 is 1.22. The summed E-state index contributed by atoms with van der Waals surface area (Å²) in [6.45, 7) is -0.714. The number of benzene rings is 3. The van der Waals surface area contributed by atoms with Crippen LogP contribution >= 0.6 is 11.3 Å². The molecular weight excluding hydrogens is 657 g/mol. The van der Waals surface area contributed by atoms with Crippen molar-refractivity contribution in [1.82, 2.24) is 25.3 Å². The van der Waals surface area contributed by atoms with Gasteiger partial charge in [0.1, 0.15) is 11.7 Å². The zero-order valence-corrected chi connectivity index (χ0v) is 27.4. The highest BCUT2D eigenvalue weighted by molar-refractivity contribution is 7.89. The molecule has 0 fully saturated rings. The van der Waals surface area contributed by atoms with Crippen molar-refractivity contribution in [2.75, 3.05) is 19.5 Å². The lowest BCUT2D eigenvalue weighted by Crippen LogP contribution is -2.50. The van der Waals surface area contributed by atoms with E-state index in [-0.39, 0.29) is 23.7 Å². The average Bonchev–Trinajstić information content (AvgIpc) is 3.81. The SMILES string of the molecule is COC(=O)N[C@H](C(=O)NCc1ccc(C(CO)N(Cc2cnon2)S(=O)(=O)c2ccc(N)cc2)s1)C(c1ccccc1)c1ccccc1. The Kier molecular flexibility index (Phi) is 11.2. The lowest BCUT2D eigenvalue weighted by atomic mass is 9.84. The number of thiophene rings is 1. The first-order valence-electron chi connectivity index (χ1n) is 14.8. The number of aliphatic hydroxyl groups excluding tert-OH is 1. The fourth-order valence-corrected chi connectivity index (χ4v) is 7.90. The van der Waals surface area contributed by atoms with E-state index in [4.69, 9.17) is 10.5 Å². The molecule has 13 nitrogen and oxygen atoms in total. The van der Waals surface area contributed by atoms with Crippen molar-refractivity contribution < 1.29 is 32.5 Å². The van der Waals surface area contributed by atoms with Crippen LogP contribution in [0.25, 0.3) is 0 Å². The first-order valence-corrected chi connectivity index (χ1v) is 17.0. The average molecular weight is 691 g/mol. The molecule has 5 rings (SSSR count). The zero-order chi connectivity index (χ0) is 34.1. The van der Waals surface area contributed by atoms with Crippen LogP contribution in [0.4, 0.5) is 10.5 Å². The summed E-state index contributed by atoms with van der Waals surface area (Å²) in [6.07, 6.45) is 0.535. The number of nitrogen functional groups attached to an aromatic ring is 1. The summed E-state index contributed by atoms with van der Waals surface area (Å²) in [5, 5.41) is 23.5. The molecule has 0 saturated heterocycles. The molecule has 1 unspecified atom stereocenters. The Morgan fingerprint density at radius 3 is 2.19 bits per heavy atom. The molecule has 2 aromatic heterocycles. The normalized spacial score (nSPS) is 12.8. The molecule has 0 bridgehead atoms. The number of amides is 2. The number of hydrogen-bond acceptors (Lipinski definition) is 11. The maximum atomic E-state index is 13.8. The van der Waals surface area contributed by atoms with Gasteiger partial charge < -0.3 is 26.2 Å². The minimum absolute atomic E-state index is 0.0221. The highest BCUT2D eigenvalue weighted by atomic mass is 32.2. The van der Waals surface area contributed by atoms with Crippen LogP contribution in [-0.4, -0.2) is 59.9 Å². The van der Waals surface area contributed by atoms with Crippen molar-refractivity contribution in [1.29, 1.82) is 0 Å². The van der Waals surface area contributed by atoms with E-state index in [0.717, 1.165) is 15.4 Å². The second-order valence-corrected chi connectivity index (χ2v) is 13.7. The van der Waals surface area contributed by atoms with Crippen LogP contribution in [0, 0.1) is 0 Å². The molecule has 48 heavy (non-hydrogen) atoms. The molecule has 2 amide bonds. The highest BCUT2D eigenvalue weighted by Crippen LogP contribution is 2.34. The van der Waals surface area contributed by atoms with E-state index in [1.165, 1.54) is 48.9 Å². The lowest BCUT2D eigenvalue weighted by Gasteiger charge is -2.28. The number of anilines is 1. The second-order valence-electron chi connectivity index (χ2n) is 10.7. The molecule has 0 saturated carbocycles. The number of alkyl carbamates (subject to hydrolysis) is 1. The van der Waals surface area contributed by atoms with Gasteiger partial charge in [0.15, 0.2) is 0 Å². The van der Waals surface area contributed by atoms with Crippen LogP contribution in [0.3, 0.4) is 0 Å². The van der Waals surface area contributed by atoms with Crippen LogP contribution in [0.2, 0.25) is 0 Å². The fourth-order valence-electron chi connectivity index (χ4n) is 5.21. The second kappa shape index (κ2) is 15.7. The van der Waals surface area contributed by atoms with E-state index < -0.39 is 46.6 Å². The topological polar surface area (TPSA) is 190 Å². The van der Waals surface area contributed by atoms with Crippen molar-refractivity contribution in [2.24, 2.45) is 0 Å². The maximum absolute atomic E-state index is 13.8. The monoisotopic (exact) mass is 690 g/mol. The molecule has 5 aromatic rings. The van der Waals surface area contributed by atoms with Gasteiger partial charge in [0.2, 0.25) is 15.9 Å². The Balaban J connectivity index is 1.40. The van der Waals surface area contributed by atoms with Crippen molar-refractivity contribution in [3.8, 4) is 0 Å². The maximum Gasteiger partial charge on any atom is 0.407 e. The van der Waals surface area contributed by atoms with Crippen LogP contribution in [0.1, 0.15) is 38.5 Å². The number of aliphatic hydroxyl groups is 1. The molecule has 0 radical (unpaired) electrons. The number of hydrogen-bond donors (Lipinski definition) is 4. The van der Waals surface area contributed by atoms with Gasteiger partial charge in [-0.25, -0.2) is 17.8 Å². The molecule has 0 spiro atoms.